The van der Waals surface area contributed by atoms with E-state index in [1.54, 1.807) is 34.1 Å². The molecule has 0 N–H and O–H groups in total. The van der Waals surface area contributed by atoms with Crippen LogP contribution in [0.5, 0.6) is 5.75 Å². The third kappa shape index (κ3) is 3.55. The molecule has 0 saturated carbocycles. The topological polar surface area (TPSA) is 86.7 Å². The van der Waals surface area contributed by atoms with E-state index in [0.29, 0.717) is 14.9 Å². The predicted octanol–water partition coefficient (Wildman–Crippen LogP) is 4.30. The molecule has 0 saturated heterocycles. The average molecular weight is 502 g/mol. The van der Waals surface area contributed by atoms with Gasteiger partial charge in [0.1, 0.15) is 0 Å². The number of ether oxygens (including phenoxy) is 1. The number of nitrogens with zero attached hydrogens (tertiary/aromatic N) is 3. The molecule has 1 atom stereocenters. The Hall–Kier alpha value is -3.82. The number of benzene rings is 2. The zero-order valence-corrected chi connectivity index (χ0v) is 20.3. The van der Waals surface area contributed by atoms with Crippen molar-refractivity contribution in [3.63, 3.8) is 0 Å². The number of hydrogen-bond donors (Lipinski definition) is 0. The third-order valence-electron chi connectivity index (χ3n) is 6.38. The molecule has 2 aliphatic rings. The number of aryl methyl sites for hydroxylation is 1. The number of methoxy groups -OCH3 is 1. The number of nitro groups is 1. The minimum atomic E-state index is -0.486. The van der Waals surface area contributed by atoms with Crippen LogP contribution in [0.2, 0.25) is 0 Å². The molecular formula is C26H19N3O4S2. The van der Waals surface area contributed by atoms with Crippen molar-refractivity contribution in [3.05, 3.63) is 117 Å². The van der Waals surface area contributed by atoms with E-state index in [1.807, 2.05) is 23.6 Å². The summed E-state index contributed by atoms with van der Waals surface area (Å²) < 4.78 is 7.37. The van der Waals surface area contributed by atoms with Crippen molar-refractivity contribution in [1.82, 2.24) is 4.57 Å². The van der Waals surface area contributed by atoms with Gasteiger partial charge in [-0.05, 0) is 53.1 Å². The Bertz CT molecular complexity index is 1700. The van der Waals surface area contributed by atoms with Gasteiger partial charge in [-0.2, -0.15) is 0 Å². The van der Waals surface area contributed by atoms with Crippen molar-refractivity contribution in [1.29, 1.82) is 0 Å². The van der Waals surface area contributed by atoms with Crippen molar-refractivity contribution in [3.8, 4) is 5.75 Å². The fourth-order valence-corrected chi connectivity index (χ4v) is 6.66. The SMILES string of the molecule is COc1ccc(C=c2sc3n(c2=O)C(c2cccs2)C2=C(N=3)c3ccccc3CC2)cc1[N+](=O)[O-]. The molecule has 4 aromatic rings. The minimum Gasteiger partial charge on any atom is -0.490 e. The lowest BCUT2D eigenvalue weighted by Gasteiger charge is -2.30. The van der Waals surface area contributed by atoms with Crippen molar-refractivity contribution >= 4 is 40.1 Å². The van der Waals surface area contributed by atoms with Gasteiger partial charge < -0.3 is 4.74 Å². The van der Waals surface area contributed by atoms with Gasteiger partial charge in [0, 0.05) is 16.5 Å². The van der Waals surface area contributed by atoms with Gasteiger partial charge in [-0.1, -0.05) is 47.7 Å². The van der Waals surface area contributed by atoms with E-state index in [1.165, 1.54) is 30.1 Å². The van der Waals surface area contributed by atoms with E-state index in [4.69, 9.17) is 9.73 Å². The molecule has 1 aliphatic heterocycles. The maximum Gasteiger partial charge on any atom is 0.311 e. The fourth-order valence-electron chi connectivity index (χ4n) is 4.81. The van der Waals surface area contributed by atoms with E-state index in [2.05, 4.69) is 18.2 Å². The Morgan fingerprint density at radius 2 is 2.03 bits per heavy atom. The first-order valence-electron chi connectivity index (χ1n) is 11.0. The molecule has 0 fully saturated rings. The van der Waals surface area contributed by atoms with Gasteiger partial charge in [-0.15, -0.1) is 11.3 Å². The molecule has 174 valence electrons. The molecular weight excluding hydrogens is 482 g/mol. The van der Waals surface area contributed by atoms with Crippen LogP contribution in [0.3, 0.4) is 0 Å². The quantitative estimate of drug-likeness (QED) is 0.308. The number of thiophene rings is 1. The normalized spacial score (nSPS) is 16.8. The second-order valence-corrected chi connectivity index (χ2v) is 10.3. The highest BCUT2D eigenvalue weighted by atomic mass is 32.1. The van der Waals surface area contributed by atoms with E-state index >= 15 is 0 Å². The summed E-state index contributed by atoms with van der Waals surface area (Å²) >= 11 is 2.94. The van der Waals surface area contributed by atoms with E-state index in [0.717, 1.165) is 34.6 Å². The van der Waals surface area contributed by atoms with Crippen LogP contribution in [-0.4, -0.2) is 16.6 Å². The van der Waals surface area contributed by atoms with E-state index < -0.39 is 4.92 Å². The van der Waals surface area contributed by atoms with Crippen LogP contribution in [0.25, 0.3) is 11.8 Å². The first kappa shape index (κ1) is 21.7. The molecule has 35 heavy (non-hydrogen) atoms. The number of thiazole rings is 1. The van der Waals surface area contributed by atoms with Gasteiger partial charge >= 0.3 is 5.69 Å². The molecule has 7 nitrogen and oxygen atoms in total. The fraction of sp³-hybridized carbons (Fsp3) is 0.154. The highest BCUT2D eigenvalue weighted by Gasteiger charge is 2.33. The summed E-state index contributed by atoms with van der Waals surface area (Å²) in [6, 6.07) is 16.9. The van der Waals surface area contributed by atoms with Crippen molar-refractivity contribution in [2.45, 2.75) is 18.9 Å². The summed E-state index contributed by atoms with van der Waals surface area (Å²) in [6.07, 6.45) is 3.44. The number of nitro benzene ring substituents is 1. The summed E-state index contributed by atoms with van der Waals surface area (Å²) in [7, 11) is 1.39. The molecule has 0 bridgehead atoms. The van der Waals surface area contributed by atoms with Crippen LogP contribution in [0.15, 0.2) is 75.3 Å². The van der Waals surface area contributed by atoms with Crippen LogP contribution >= 0.6 is 22.7 Å². The summed E-state index contributed by atoms with van der Waals surface area (Å²) in [4.78, 5) is 31.4. The highest BCUT2D eigenvalue weighted by Crippen LogP contribution is 2.42. The largest absolute Gasteiger partial charge is 0.490 e. The zero-order chi connectivity index (χ0) is 24.1. The van der Waals surface area contributed by atoms with Crippen molar-refractivity contribution in [2.24, 2.45) is 4.99 Å². The summed E-state index contributed by atoms with van der Waals surface area (Å²) in [6.45, 7) is 0. The summed E-state index contributed by atoms with van der Waals surface area (Å²) in [5.74, 6) is 0.178. The Balaban J connectivity index is 1.58. The number of fused-ring (bicyclic) bond motifs is 3. The van der Waals surface area contributed by atoms with Crippen LogP contribution in [0, 0.1) is 10.1 Å². The summed E-state index contributed by atoms with van der Waals surface area (Å²) in [5, 5.41) is 13.5. The van der Waals surface area contributed by atoms with Gasteiger partial charge in [0.05, 0.1) is 28.3 Å². The molecule has 9 heteroatoms. The Morgan fingerprint density at radius 3 is 2.80 bits per heavy atom. The monoisotopic (exact) mass is 501 g/mol. The molecule has 1 aliphatic carbocycles. The molecule has 0 spiro atoms. The molecule has 0 radical (unpaired) electrons. The third-order valence-corrected chi connectivity index (χ3v) is 8.29. The van der Waals surface area contributed by atoms with Crippen molar-refractivity contribution < 1.29 is 9.66 Å². The van der Waals surface area contributed by atoms with Gasteiger partial charge in [0.15, 0.2) is 10.6 Å². The second-order valence-electron chi connectivity index (χ2n) is 8.32. The number of hydrogen-bond acceptors (Lipinski definition) is 7. The smallest absolute Gasteiger partial charge is 0.311 e. The number of rotatable bonds is 4. The Morgan fingerprint density at radius 1 is 1.17 bits per heavy atom. The molecule has 2 aromatic carbocycles. The molecule has 2 aromatic heterocycles. The zero-order valence-electron chi connectivity index (χ0n) is 18.6. The van der Waals surface area contributed by atoms with E-state index in [-0.39, 0.29) is 23.0 Å². The summed E-state index contributed by atoms with van der Waals surface area (Å²) in [5.41, 5.74) is 4.78. The molecule has 6 rings (SSSR count). The number of aromatic nitrogens is 1. The lowest BCUT2D eigenvalue weighted by atomic mass is 9.85. The standard InChI is InChI=1S/C26H19N3O4S2/c1-33-20-11-8-15(13-19(20)29(31)32)14-22-25(30)28-24(21-7-4-12-34-21)18-10-9-16-5-2-3-6-17(16)23(18)27-26(28)35-22/h2-8,11-14,24H,9-10H2,1H3. The number of allylic oxidation sites excluding steroid dienone is 1. The first-order valence-corrected chi connectivity index (χ1v) is 12.7. The average Bonchev–Trinajstić information content (AvgIpc) is 3.51. The molecule has 0 amide bonds. The van der Waals surface area contributed by atoms with Crippen molar-refractivity contribution in [2.75, 3.05) is 7.11 Å². The highest BCUT2D eigenvalue weighted by molar-refractivity contribution is 7.10. The van der Waals surface area contributed by atoms with Crippen LogP contribution < -0.4 is 19.6 Å². The Labute approximate surface area is 207 Å². The van der Waals surface area contributed by atoms with Crippen LogP contribution in [-0.2, 0) is 6.42 Å². The van der Waals surface area contributed by atoms with Gasteiger partial charge in [-0.25, -0.2) is 4.99 Å². The van der Waals surface area contributed by atoms with Crippen LogP contribution in [0.4, 0.5) is 5.69 Å². The van der Waals surface area contributed by atoms with Gasteiger partial charge in [0.2, 0.25) is 0 Å². The van der Waals surface area contributed by atoms with E-state index in [9.17, 15) is 14.9 Å². The van der Waals surface area contributed by atoms with Crippen LogP contribution in [0.1, 0.15) is 34.0 Å². The maximum absolute atomic E-state index is 13.7. The molecule has 1 unspecified atom stereocenters. The lowest BCUT2D eigenvalue weighted by molar-refractivity contribution is -0.385. The minimum absolute atomic E-state index is 0.141. The predicted molar refractivity (Wildman–Crippen MR) is 137 cm³/mol. The maximum atomic E-state index is 13.7. The first-order chi connectivity index (χ1) is 17.0. The lowest BCUT2D eigenvalue weighted by Crippen LogP contribution is -2.38. The second kappa shape index (κ2) is 8.44. The van der Waals surface area contributed by atoms with Gasteiger partial charge in [-0.3, -0.25) is 19.5 Å². The van der Waals surface area contributed by atoms with Gasteiger partial charge in [0.25, 0.3) is 5.56 Å². The Kier molecular flexibility index (Phi) is 5.23. The molecule has 3 heterocycles.